The molecule has 0 aliphatic carbocycles. The van der Waals surface area contributed by atoms with Crippen LogP contribution in [-0.2, 0) is 6.54 Å². The van der Waals surface area contributed by atoms with Crippen molar-refractivity contribution in [1.29, 1.82) is 0 Å². The first-order valence-electron chi connectivity index (χ1n) is 7.78. The molecule has 7 nitrogen and oxygen atoms in total. The third kappa shape index (κ3) is 3.54. The maximum absolute atomic E-state index is 14.1. The lowest BCUT2D eigenvalue weighted by atomic mass is 10.1. The zero-order chi connectivity index (χ0) is 18.8. The molecular weight excluding hydrogens is 361 g/mol. The highest BCUT2D eigenvalue weighted by Gasteiger charge is 2.18. The minimum atomic E-state index is -2.90. The predicted molar refractivity (Wildman–Crippen MR) is 87.0 cm³/mol. The first-order chi connectivity index (χ1) is 13.1. The van der Waals surface area contributed by atoms with Gasteiger partial charge in [-0.05, 0) is 18.2 Å². The lowest BCUT2D eigenvalue weighted by Gasteiger charge is -2.08. The topological polar surface area (TPSA) is 82.5 Å². The third-order valence-corrected chi connectivity index (χ3v) is 3.71. The smallest absolute Gasteiger partial charge is 0.314 e. The van der Waals surface area contributed by atoms with Gasteiger partial charge in [0.2, 0.25) is 5.89 Å². The lowest BCUT2D eigenvalue weighted by Crippen LogP contribution is -2.02. The van der Waals surface area contributed by atoms with Gasteiger partial charge in [0.1, 0.15) is 18.0 Å². The van der Waals surface area contributed by atoms with E-state index in [0.717, 1.165) is 11.6 Å². The molecule has 0 saturated carbocycles. The molecule has 0 unspecified atom stereocenters. The number of benzene rings is 1. The van der Waals surface area contributed by atoms with Gasteiger partial charge in [-0.25, -0.2) is 19.3 Å². The van der Waals surface area contributed by atoms with Crippen LogP contribution in [0.15, 0.2) is 53.7 Å². The van der Waals surface area contributed by atoms with Crippen LogP contribution < -0.4 is 0 Å². The summed E-state index contributed by atoms with van der Waals surface area (Å²) in [4.78, 5) is 12.2. The number of halogens is 3. The maximum atomic E-state index is 14.1. The van der Waals surface area contributed by atoms with E-state index in [1.807, 2.05) is 0 Å². The van der Waals surface area contributed by atoms with Crippen LogP contribution in [0, 0.1) is 5.82 Å². The van der Waals surface area contributed by atoms with E-state index in [1.54, 1.807) is 35.4 Å². The van der Waals surface area contributed by atoms with Crippen molar-refractivity contribution in [2.75, 3.05) is 0 Å². The molecular formula is C17H11F3N6O. The molecule has 10 heteroatoms. The standard InChI is InChI=1S/C17H11F3N6O/c18-13-4-11(3-12(5-13)16-24-25-17(27-16)14(19)20)15-23-1-2-26(15)8-10-6-21-9-22-7-10/h1-7,9,14H,8H2. The van der Waals surface area contributed by atoms with Crippen molar-refractivity contribution in [2.24, 2.45) is 0 Å². The van der Waals surface area contributed by atoms with E-state index in [1.165, 1.54) is 12.4 Å². The van der Waals surface area contributed by atoms with Crippen LogP contribution in [0.2, 0.25) is 0 Å². The molecule has 3 heterocycles. The van der Waals surface area contributed by atoms with Crippen LogP contribution in [0.25, 0.3) is 22.8 Å². The Bertz CT molecular complexity index is 1060. The number of alkyl halides is 2. The van der Waals surface area contributed by atoms with Crippen LogP contribution in [0.1, 0.15) is 17.9 Å². The van der Waals surface area contributed by atoms with Crippen molar-refractivity contribution in [2.45, 2.75) is 13.0 Å². The van der Waals surface area contributed by atoms with Crippen LogP contribution in [0.5, 0.6) is 0 Å². The van der Waals surface area contributed by atoms with Gasteiger partial charge in [-0.15, -0.1) is 10.2 Å². The molecule has 4 aromatic rings. The van der Waals surface area contributed by atoms with Crippen LogP contribution in [0.3, 0.4) is 0 Å². The molecule has 3 aromatic heterocycles. The summed E-state index contributed by atoms with van der Waals surface area (Å²) >= 11 is 0. The Morgan fingerprint density at radius 2 is 1.81 bits per heavy atom. The minimum absolute atomic E-state index is 0.182. The van der Waals surface area contributed by atoms with Gasteiger partial charge in [-0.1, -0.05) is 0 Å². The van der Waals surface area contributed by atoms with Crippen LogP contribution in [0.4, 0.5) is 13.2 Å². The Hall–Kier alpha value is -3.56. The molecule has 0 aliphatic heterocycles. The molecule has 27 heavy (non-hydrogen) atoms. The quantitative estimate of drug-likeness (QED) is 0.533. The average molecular weight is 372 g/mol. The maximum Gasteiger partial charge on any atom is 0.314 e. The highest BCUT2D eigenvalue weighted by atomic mass is 19.3. The normalized spacial score (nSPS) is 11.3. The second-order valence-corrected chi connectivity index (χ2v) is 5.60. The summed E-state index contributed by atoms with van der Waals surface area (Å²) in [5, 5.41) is 6.82. The molecule has 1 aromatic carbocycles. The van der Waals surface area contributed by atoms with Gasteiger partial charge in [-0.2, -0.15) is 8.78 Å². The number of imidazole rings is 1. The molecule has 0 saturated heterocycles. The highest BCUT2D eigenvalue weighted by molar-refractivity contribution is 5.65. The molecule has 0 atom stereocenters. The summed E-state index contributed by atoms with van der Waals surface area (Å²) in [7, 11) is 0. The molecule has 0 bridgehead atoms. The SMILES string of the molecule is Fc1cc(-c2nnc(C(F)F)o2)cc(-c2nccn2Cc2cncnc2)c1. The molecule has 0 N–H and O–H groups in total. The van der Waals surface area contributed by atoms with Gasteiger partial charge in [0.05, 0.1) is 6.54 Å². The Balaban J connectivity index is 1.71. The monoisotopic (exact) mass is 372 g/mol. The minimum Gasteiger partial charge on any atom is -0.415 e. The average Bonchev–Trinajstić information content (AvgIpc) is 3.32. The summed E-state index contributed by atoms with van der Waals surface area (Å²) < 4.78 is 46.1. The van der Waals surface area contributed by atoms with Crippen molar-refractivity contribution < 1.29 is 17.6 Å². The van der Waals surface area contributed by atoms with Crippen molar-refractivity contribution >= 4 is 0 Å². The fourth-order valence-corrected chi connectivity index (χ4v) is 2.59. The summed E-state index contributed by atoms with van der Waals surface area (Å²) in [5.41, 5.74) is 1.46. The highest BCUT2D eigenvalue weighted by Crippen LogP contribution is 2.28. The van der Waals surface area contributed by atoms with Gasteiger partial charge in [0.15, 0.2) is 0 Å². The Morgan fingerprint density at radius 3 is 2.56 bits per heavy atom. The van der Waals surface area contributed by atoms with Gasteiger partial charge in [0, 0.05) is 41.5 Å². The van der Waals surface area contributed by atoms with E-state index in [2.05, 4.69) is 25.1 Å². The van der Waals surface area contributed by atoms with Gasteiger partial charge < -0.3 is 8.98 Å². The fourth-order valence-electron chi connectivity index (χ4n) is 2.59. The summed E-state index contributed by atoms with van der Waals surface area (Å²) in [6.45, 7) is 0.429. The lowest BCUT2D eigenvalue weighted by molar-refractivity contribution is 0.116. The zero-order valence-corrected chi connectivity index (χ0v) is 13.6. The second kappa shape index (κ2) is 6.98. The third-order valence-electron chi connectivity index (χ3n) is 3.71. The van der Waals surface area contributed by atoms with E-state index in [4.69, 9.17) is 4.42 Å². The molecule has 0 radical (unpaired) electrons. The number of aromatic nitrogens is 6. The Labute approximate surface area is 150 Å². The Kier molecular flexibility index (Phi) is 4.37. The number of nitrogens with zero attached hydrogens (tertiary/aromatic N) is 6. The second-order valence-electron chi connectivity index (χ2n) is 5.60. The van der Waals surface area contributed by atoms with E-state index < -0.39 is 18.1 Å². The molecule has 0 amide bonds. The van der Waals surface area contributed by atoms with E-state index >= 15 is 0 Å². The van der Waals surface area contributed by atoms with Crippen molar-refractivity contribution in [3.05, 3.63) is 66.6 Å². The van der Waals surface area contributed by atoms with Crippen molar-refractivity contribution in [3.63, 3.8) is 0 Å². The largest absolute Gasteiger partial charge is 0.415 e. The summed E-state index contributed by atoms with van der Waals surface area (Å²) in [6, 6.07) is 3.96. The fraction of sp³-hybridized carbons (Fsp3) is 0.118. The molecule has 0 aliphatic rings. The molecule has 4 rings (SSSR count). The first kappa shape index (κ1) is 16.9. The summed E-state index contributed by atoms with van der Waals surface area (Å²) in [6.07, 6.45) is 5.16. The molecule has 136 valence electrons. The van der Waals surface area contributed by atoms with Gasteiger partial charge in [-0.3, -0.25) is 0 Å². The van der Waals surface area contributed by atoms with Crippen molar-refractivity contribution in [1.82, 2.24) is 29.7 Å². The van der Waals surface area contributed by atoms with Gasteiger partial charge >= 0.3 is 6.43 Å². The van der Waals surface area contributed by atoms with Gasteiger partial charge in [0.25, 0.3) is 5.89 Å². The van der Waals surface area contributed by atoms with Crippen molar-refractivity contribution in [3.8, 4) is 22.8 Å². The van der Waals surface area contributed by atoms with E-state index in [0.29, 0.717) is 17.9 Å². The number of hydrogen-bond acceptors (Lipinski definition) is 6. The Morgan fingerprint density at radius 1 is 1.04 bits per heavy atom. The summed E-state index contributed by atoms with van der Waals surface area (Å²) in [5.74, 6) is -1.12. The van der Waals surface area contributed by atoms with E-state index in [9.17, 15) is 13.2 Å². The molecule has 0 fully saturated rings. The predicted octanol–water partition coefficient (Wildman–Crippen LogP) is 3.52. The zero-order valence-electron chi connectivity index (χ0n) is 13.6. The first-order valence-corrected chi connectivity index (χ1v) is 7.78. The van der Waals surface area contributed by atoms with E-state index in [-0.39, 0.29) is 11.5 Å². The molecule has 0 spiro atoms. The van der Waals surface area contributed by atoms with Crippen LogP contribution >= 0.6 is 0 Å². The number of rotatable bonds is 5. The van der Waals surface area contributed by atoms with Crippen LogP contribution in [-0.4, -0.2) is 29.7 Å². The number of hydrogen-bond donors (Lipinski definition) is 0.